The zero-order valence-electron chi connectivity index (χ0n) is 27.8. The number of nitrogens with two attached hydrogens (primary N) is 1. The van der Waals surface area contributed by atoms with Crippen LogP contribution in [0.2, 0.25) is 0 Å². The Hall–Kier alpha value is -4.33. The first-order valence-electron chi connectivity index (χ1n) is 16.3. The summed E-state index contributed by atoms with van der Waals surface area (Å²) in [5.74, 6) is -1.38. The molecule has 48 heavy (non-hydrogen) atoms. The number of cyclic esters (lactones) is 1. The predicted octanol–water partition coefficient (Wildman–Crippen LogP) is 2.51. The quantitative estimate of drug-likeness (QED) is 0.155. The van der Waals surface area contributed by atoms with Gasteiger partial charge in [0.15, 0.2) is 5.78 Å². The highest BCUT2D eigenvalue weighted by Crippen LogP contribution is 2.61. The molecule has 0 aromatic carbocycles. The summed E-state index contributed by atoms with van der Waals surface area (Å²) in [6.45, 7) is 12.4. The predicted molar refractivity (Wildman–Crippen MR) is 179 cm³/mol. The molecule has 4 unspecified atom stereocenters. The fourth-order valence-corrected chi connectivity index (χ4v) is 7.61. The number of aliphatic hydroxyl groups excluding tert-OH is 2. The Morgan fingerprint density at radius 2 is 2.02 bits per heavy atom. The number of hydrogen-bond donors (Lipinski definition) is 4. The molecule has 5 N–H and O–H groups in total. The lowest BCUT2D eigenvalue weighted by atomic mass is 9.45. The molecule has 13 heteroatoms. The number of Topliss-reactive ketones (excluding diaryl/α,β-unsaturated/α-hetero) is 1. The van der Waals surface area contributed by atoms with E-state index in [4.69, 9.17) is 15.2 Å². The molecule has 0 amide bonds. The molecule has 1 aromatic heterocycles. The topological polar surface area (TPSA) is 199 Å². The summed E-state index contributed by atoms with van der Waals surface area (Å²) < 4.78 is 10.8. The second-order valence-corrected chi connectivity index (χ2v) is 13.4. The number of allylic oxidation sites excluding steroid dienone is 2. The van der Waals surface area contributed by atoms with Crippen LogP contribution >= 0.6 is 0 Å². The maximum atomic E-state index is 13.2. The van der Waals surface area contributed by atoms with E-state index in [0.29, 0.717) is 31.6 Å². The number of aliphatic imine (C=N–C) groups is 2. The summed E-state index contributed by atoms with van der Waals surface area (Å²) in [5, 5.41) is 25.2. The van der Waals surface area contributed by atoms with Crippen molar-refractivity contribution in [3.05, 3.63) is 59.7 Å². The van der Waals surface area contributed by atoms with E-state index in [1.807, 2.05) is 13.0 Å². The molecule has 2 aliphatic heterocycles. The maximum absolute atomic E-state index is 13.2. The van der Waals surface area contributed by atoms with Gasteiger partial charge in [0.05, 0.1) is 43.9 Å². The molecule has 3 heterocycles. The number of nitrogens with one attached hydrogen (secondary N) is 1. The third-order valence-corrected chi connectivity index (χ3v) is 10.4. The van der Waals surface area contributed by atoms with Crippen molar-refractivity contribution in [3.8, 4) is 0 Å². The number of nitrogen functional groups attached to an aromatic ring is 1. The van der Waals surface area contributed by atoms with Crippen molar-refractivity contribution in [1.82, 2.24) is 15.3 Å². The van der Waals surface area contributed by atoms with Gasteiger partial charge in [0.1, 0.15) is 17.2 Å². The molecule has 7 atom stereocenters. The van der Waals surface area contributed by atoms with E-state index in [9.17, 15) is 24.6 Å². The highest BCUT2D eigenvalue weighted by Gasteiger charge is 2.59. The molecule has 0 saturated heterocycles. The van der Waals surface area contributed by atoms with Crippen LogP contribution in [-0.4, -0.2) is 87.9 Å². The number of anilines is 1. The smallest absolute Gasteiger partial charge is 0.343 e. The largest absolute Gasteiger partial charge is 0.462 e. The number of hydrogen-bond acceptors (Lipinski definition) is 13. The number of ketones is 1. The van der Waals surface area contributed by atoms with Crippen molar-refractivity contribution in [2.75, 3.05) is 25.5 Å². The van der Waals surface area contributed by atoms with Crippen LogP contribution in [0.3, 0.4) is 0 Å². The van der Waals surface area contributed by atoms with Crippen molar-refractivity contribution < 1.29 is 34.1 Å². The molecule has 0 spiro atoms. The first kappa shape index (κ1) is 35.0. The fourth-order valence-electron chi connectivity index (χ4n) is 7.61. The SMILES string of the molecule is C=C1C(NC(C)C(=O)CC2=NCC=N2)CC2[C@](C)(CC[C@@H](O)[C@@]2(C)CO)C1/C=C/C1=CC(=C(/C(=O)OCC)c2cnc(N)nc2)/OC1=O. The van der Waals surface area contributed by atoms with Gasteiger partial charge in [-0.25, -0.2) is 24.5 Å². The zero-order valence-corrected chi connectivity index (χ0v) is 27.8. The minimum Gasteiger partial charge on any atom is -0.462 e. The van der Waals surface area contributed by atoms with Crippen LogP contribution in [0.15, 0.2) is 64.1 Å². The highest BCUT2D eigenvalue weighted by atomic mass is 16.6. The van der Waals surface area contributed by atoms with Gasteiger partial charge >= 0.3 is 11.9 Å². The number of aliphatic hydroxyl groups is 2. The number of amidine groups is 1. The Balaban J connectivity index is 1.49. The van der Waals surface area contributed by atoms with Crippen molar-refractivity contribution in [2.45, 2.75) is 71.6 Å². The van der Waals surface area contributed by atoms with E-state index in [1.54, 1.807) is 26.1 Å². The molecule has 2 fully saturated rings. The number of aromatic nitrogens is 2. The van der Waals surface area contributed by atoms with Gasteiger partial charge in [0, 0.05) is 41.5 Å². The van der Waals surface area contributed by atoms with Gasteiger partial charge in [-0.1, -0.05) is 38.2 Å². The number of carbonyl (C=O) groups excluding carboxylic acids is 3. The van der Waals surface area contributed by atoms with Gasteiger partial charge in [-0.15, -0.1) is 0 Å². The molecule has 4 aliphatic rings. The first-order valence-corrected chi connectivity index (χ1v) is 16.3. The van der Waals surface area contributed by atoms with Crippen LogP contribution in [0.4, 0.5) is 5.95 Å². The fraction of sp³-hybridized carbons (Fsp3) is 0.514. The Kier molecular flexibility index (Phi) is 10.2. The van der Waals surface area contributed by atoms with E-state index in [0.717, 1.165) is 5.57 Å². The second kappa shape index (κ2) is 14.0. The summed E-state index contributed by atoms with van der Waals surface area (Å²) in [4.78, 5) is 55.6. The summed E-state index contributed by atoms with van der Waals surface area (Å²) in [6.07, 6.45) is 10.5. The van der Waals surface area contributed by atoms with Crippen LogP contribution in [-0.2, 0) is 23.9 Å². The lowest BCUT2D eigenvalue weighted by Gasteiger charge is -2.61. The van der Waals surface area contributed by atoms with Gasteiger partial charge in [-0.3, -0.25) is 9.79 Å². The molecular weight excluding hydrogens is 616 g/mol. The average Bonchev–Trinajstić information content (AvgIpc) is 3.70. The lowest BCUT2D eigenvalue weighted by molar-refractivity contribution is -0.149. The van der Waals surface area contributed by atoms with Gasteiger partial charge in [-0.2, -0.15) is 0 Å². The number of carbonyl (C=O) groups is 3. The van der Waals surface area contributed by atoms with Crippen molar-refractivity contribution in [3.63, 3.8) is 0 Å². The molecule has 256 valence electrons. The minimum absolute atomic E-state index is 0.00485. The molecule has 0 radical (unpaired) electrons. The monoisotopic (exact) mass is 660 g/mol. The Morgan fingerprint density at radius 3 is 2.67 bits per heavy atom. The van der Waals surface area contributed by atoms with Crippen LogP contribution in [0.5, 0.6) is 0 Å². The average molecular weight is 661 g/mol. The number of esters is 2. The van der Waals surface area contributed by atoms with E-state index in [-0.39, 0.29) is 71.7 Å². The Bertz CT molecular complexity index is 1630. The molecule has 1 aromatic rings. The third kappa shape index (κ3) is 6.67. The molecule has 2 saturated carbocycles. The number of nitrogens with zero attached hydrogens (tertiary/aromatic N) is 4. The maximum Gasteiger partial charge on any atom is 0.343 e. The van der Waals surface area contributed by atoms with Crippen molar-refractivity contribution >= 4 is 41.3 Å². The van der Waals surface area contributed by atoms with Gasteiger partial charge in [0.25, 0.3) is 0 Å². The normalized spacial score (nSPS) is 31.6. The zero-order chi connectivity index (χ0) is 34.8. The van der Waals surface area contributed by atoms with E-state index in [2.05, 4.69) is 38.8 Å². The van der Waals surface area contributed by atoms with Crippen molar-refractivity contribution in [2.24, 2.45) is 32.7 Å². The van der Waals surface area contributed by atoms with Crippen LogP contribution in [0, 0.1) is 22.7 Å². The van der Waals surface area contributed by atoms with E-state index < -0.39 is 34.9 Å². The Labute approximate surface area is 279 Å². The molecule has 2 aliphatic carbocycles. The second-order valence-electron chi connectivity index (χ2n) is 13.4. The van der Waals surface area contributed by atoms with Crippen LogP contribution in [0.1, 0.15) is 58.9 Å². The molecule has 13 nitrogen and oxygen atoms in total. The first-order chi connectivity index (χ1) is 22.8. The Morgan fingerprint density at radius 1 is 1.29 bits per heavy atom. The van der Waals surface area contributed by atoms with Crippen LogP contribution in [0.25, 0.3) is 5.57 Å². The van der Waals surface area contributed by atoms with Crippen molar-refractivity contribution in [1.29, 1.82) is 0 Å². The number of ether oxygens (including phenoxy) is 2. The van der Waals surface area contributed by atoms with Gasteiger partial charge in [0.2, 0.25) is 5.95 Å². The molecule has 0 bridgehead atoms. The summed E-state index contributed by atoms with van der Waals surface area (Å²) in [5.41, 5.74) is 5.67. The summed E-state index contributed by atoms with van der Waals surface area (Å²) in [7, 11) is 0. The van der Waals surface area contributed by atoms with E-state index >= 15 is 0 Å². The van der Waals surface area contributed by atoms with Gasteiger partial charge < -0.3 is 30.7 Å². The summed E-state index contributed by atoms with van der Waals surface area (Å²) in [6, 6.07) is -0.866. The molecule has 5 rings (SSSR count). The molecular formula is C35H44N6O7. The third-order valence-electron chi connectivity index (χ3n) is 10.4. The number of rotatable bonds is 11. The van der Waals surface area contributed by atoms with E-state index in [1.165, 1.54) is 18.5 Å². The summed E-state index contributed by atoms with van der Waals surface area (Å²) >= 11 is 0. The highest BCUT2D eigenvalue weighted by molar-refractivity contribution is 6.18. The lowest BCUT2D eigenvalue weighted by Crippen LogP contribution is -2.61. The van der Waals surface area contributed by atoms with Crippen LogP contribution < -0.4 is 11.1 Å². The minimum atomic E-state index is -0.808. The van der Waals surface area contributed by atoms with Gasteiger partial charge in [-0.05, 0) is 50.5 Å². The number of fused-ring (bicyclic) bond motifs is 1. The standard InChI is InChI=1S/C35H44N6O7/c1-6-47-32(46)30(22-16-39-33(36)40-17-22)26-13-21(31(45)48-26)7-8-23-19(2)24(41-20(3)25(43)15-29-37-11-12-38-29)14-27-34(23,4)10-9-28(44)35(27,5)18-42/h7-8,11,13,16-17,20,23-24,27-28,41-42,44H,2,6,9-10,12,14-15,18H2,1,3-5H3,(H2,36,39,40)/b8-7+,30-26-/t20?,23?,24?,27?,28-,34-,35+/m1/s1.